The number of methoxy groups -OCH3 is 4. The van der Waals surface area contributed by atoms with Crippen molar-refractivity contribution in [3.05, 3.63) is 143 Å². The van der Waals surface area contributed by atoms with Crippen LogP contribution in [0.4, 0.5) is 0 Å². The summed E-state index contributed by atoms with van der Waals surface area (Å²) in [5, 5.41) is 0. The van der Waals surface area contributed by atoms with E-state index < -0.39 is 0 Å². The normalized spacial score (nSPS) is 31.6. The SMILES string of the molecule is COc1c2c(c(-c3c4nc(c(-c5c6c(c(OC)c7c5[C@@H]5CC[C@H]7C5)[C@H]5CC[C@@H]6C5)c5ccc([n-]5)c(-c5c6c(c(OC)c7c5[C@@H]5CC[C@H]7C5)[C@H]5CC[C@@H]6C5)c5nc(c(-c6c7c(c(OC)c8c6[C@@H]6CC[C@H]8C6)[C@H]6CC[C@@H]7C6)c6ccc3[n-]6)C=C5)C=C4)c3c1[C@H]1CC[C@@H]3C1)[C@@H]1CC[C@H]2C1.[C-]#[O+].[Ru+2]. The van der Waals surface area contributed by atoms with E-state index in [0.29, 0.717) is 94.7 Å². The third-order valence-corrected chi connectivity index (χ3v) is 30.9. The first kappa shape index (κ1) is 58.7. The van der Waals surface area contributed by atoms with Crippen LogP contribution >= 0.6 is 0 Å². The summed E-state index contributed by atoms with van der Waals surface area (Å²) in [6, 6.07) is 9.85. The molecule has 8 fully saturated rings. The minimum atomic E-state index is 0. The van der Waals surface area contributed by atoms with Crippen LogP contribution in [0.2, 0.25) is 0 Å². The van der Waals surface area contributed by atoms with Gasteiger partial charge in [0.25, 0.3) is 0 Å². The minimum absolute atomic E-state index is 0. The molecule has 0 unspecified atom stereocenters. The first-order chi connectivity index (χ1) is 48.4. The van der Waals surface area contributed by atoms with Crippen LogP contribution in [0.25, 0.3) is 90.9 Å². The van der Waals surface area contributed by atoms with Gasteiger partial charge in [0.05, 0.1) is 51.2 Å². The van der Waals surface area contributed by atoms with E-state index in [2.05, 4.69) is 55.2 Å². The summed E-state index contributed by atoms with van der Waals surface area (Å²) in [6.45, 7) is 4.50. The summed E-state index contributed by atoms with van der Waals surface area (Å²) >= 11 is 0. The first-order valence-corrected chi connectivity index (χ1v) is 38.8. The van der Waals surface area contributed by atoms with E-state index in [1.165, 1.54) is 266 Å². The van der Waals surface area contributed by atoms with Crippen LogP contribution in [0.15, 0.2) is 24.3 Å². The van der Waals surface area contributed by atoms with E-state index in [0.717, 1.165) is 44.8 Å². The average Bonchev–Trinajstić information content (AvgIpc) is 1.61. The number of ether oxygens (including phenoxy) is 4. The summed E-state index contributed by atoms with van der Waals surface area (Å²) in [6.07, 6.45) is 39.5. The summed E-state index contributed by atoms with van der Waals surface area (Å²) in [4.78, 5) is 25.5. The molecule has 18 aliphatic rings. The second-order valence-corrected chi connectivity index (χ2v) is 34.3. The molecule has 24 bridgehead atoms. The maximum Gasteiger partial charge on any atom is 2.00 e. The quantitative estimate of drug-likeness (QED) is 0.0840. The number of fused-ring (bicyclic) bond motifs is 48. The van der Waals surface area contributed by atoms with Gasteiger partial charge in [-0.25, -0.2) is 9.97 Å². The Bertz CT molecular complexity index is 4380. The molecule has 99 heavy (non-hydrogen) atoms. The Balaban J connectivity index is 0.00000202. The molecule has 5 heterocycles. The van der Waals surface area contributed by atoms with Gasteiger partial charge in [-0.1, -0.05) is 24.3 Å². The molecular weight excluding hydrogens is 1310 g/mol. The van der Waals surface area contributed by atoms with E-state index in [1.54, 1.807) is 44.5 Å². The minimum Gasteiger partial charge on any atom is 2.00 e. The zero-order valence-electron chi connectivity index (χ0n) is 57.5. The molecule has 0 N–H and O–H groups in total. The Morgan fingerprint density at radius 2 is 0.414 bits per heavy atom. The fourth-order valence-corrected chi connectivity index (χ4v) is 28.0. The second-order valence-electron chi connectivity index (χ2n) is 34.3. The van der Waals surface area contributed by atoms with Gasteiger partial charge in [-0.2, -0.15) is 0 Å². The van der Waals surface area contributed by atoms with Gasteiger partial charge in [0.2, 0.25) is 0 Å². The summed E-state index contributed by atoms with van der Waals surface area (Å²) in [5.41, 5.74) is 44.2. The summed E-state index contributed by atoms with van der Waals surface area (Å²) in [7, 11) is 7.95. The smallest absolute Gasteiger partial charge is 2.00 e. The van der Waals surface area contributed by atoms with Crippen LogP contribution in [-0.2, 0) is 24.1 Å². The number of rotatable bonds is 8. The second kappa shape index (κ2) is 20.7. The zero-order valence-corrected chi connectivity index (χ0v) is 59.2. The Kier molecular flexibility index (Phi) is 12.2. The molecule has 8 saturated carbocycles. The third kappa shape index (κ3) is 7.18. The van der Waals surface area contributed by atoms with Crippen molar-refractivity contribution in [2.45, 2.75) is 249 Å². The monoisotopic (exact) mass is 1390 g/mol. The zero-order chi connectivity index (χ0) is 64.3. The van der Waals surface area contributed by atoms with Gasteiger partial charge >= 0.3 is 30.8 Å². The van der Waals surface area contributed by atoms with E-state index in [-0.39, 0.29) is 19.5 Å². The molecule has 4 aromatic carbocycles. The molecule has 16 atom stereocenters. The third-order valence-electron chi connectivity index (χ3n) is 30.9. The van der Waals surface area contributed by atoms with Crippen molar-refractivity contribution in [3.8, 4) is 67.5 Å². The van der Waals surface area contributed by atoms with Crippen molar-refractivity contribution in [2.75, 3.05) is 28.4 Å². The molecule has 0 saturated heterocycles. The molecule has 10 heteroatoms. The van der Waals surface area contributed by atoms with Crippen molar-refractivity contribution in [3.63, 3.8) is 0 Å². The Morgan fingerprint density at radius 1 is 0.263 bits per heavy atom. The van der Waals surface area contributed by atoms with Gasteiger partial charge in [-0.15, -0.1) is 22.1 Å². The van der Waals surface area contributed by atoms with E-state index in [4.69, 9.17) is 43.5 Å². The van der Waals surface area contributed by atoms with Crippen molar-refractivity contribution in [2.24, 2.45) is 0 Å². The molecule has 2 aliphatic heterocycles. The molecule has 16 aliphatic carbocycles. The van der Waals surface area contributed by atoms with Gasteiger partial charge < -0.3 is 28.9 Å². The van der Waals surface area contributed by atoms with Crippen LogP contribution in [0.1, 0.15) is 361 Å². The van der Waals surface area contributed by atoms with Crippen molar-refractivity contribution < 1.29 is 43.1 Å². The van der Waals surface area contributed by atoms with Gasteiger partial charge in [0, 0.05) is 44.5 Å². The number of aromatic nitrogens is 4. The van der Waals surface area contributed by atoms with Crippen LogP contribution < -0.4 is 28.9 Å². The van der Waals surface area contributed by atoms with E-state index in [1.807, 2.05) is 28.4 Å². The Morgan fingerprint density at radius 3 is 0.566 bits per heavy atom. The van der Waals surface area contributed by atoms with Gasteiger partial charge in [0.15, 0.2) is 0 Å². The largest absolute Gasteiger partial charge is 2.00 e. The Hall–Kier alpha value is -6.96. The van der Waals surface area contributed by atoms with Crippen molar-refractivity contribution >= 4 is 46.4 Å². The van der Waals surface area contributed by atoms with Crippen LogP contribution in [-0.4, -0.2) is 38.4 Å². The molecule has 0 spiro atoms. The fourth-order valence-electron chi connectivity index (χ4n) is 28.0. The molecule has 25 rings (SSSR count). The number of hydrogen-bond acceptors (Lipinski definition) is 6. The van der Waals surface area contributed by atoms with Crippen LogP contribution in [0.3, 0.4) is 0 Å². The van der Waals surface area contributed by atoms with Gasteiger partial charge in [-0.3, -0.25) is 0 Å². The standard InChI is InChI=1S/C88H84N4O4.CO.Ru/c1-93-85-69-45-13-5-37(29-45)61(69)81(62-38-6-14-46(30-38)70(62)85)77-53-21-23-55(89-53)78(82-63-39-7-15-47(31-39)71(63)86(94-2)72-48-16-8-40(32-48)64(72)82)57-25-27-59(91-57)80(84-67-43-11-19-51(35-43)75(67)88(96-4)76-52-20-12-44(36-52)68(76)84)60-28-26-58(92-60)79(56-24-22-54(77)90-56)83-65-41-9-17-49(33-41)73(65)87(95-3)74-50-18-10-42(34-50)66(74)83;1-2;/h21-28,37-52H,5-20,29-36H2,1-4H3;;/q-2;;+2/t37-,38-,39-,40-,41-,42-,43-,44-,45+,46+,47+,48+,49+,50+,51+,52+;;/m1../s1. The Labute approximate surface area is 593 Å². The van der Waals surface area contributed by atoms with Crippen LogP contribution in [0, 0.1) is 6.65 Å². The maximum atomic E-state index is 7.50. The van der Waals surface area contributed by atoms with E-state index in [9.17, 15) is 0 Å². The van der Waals surface area contributed by atoms with E-state index >= 15 is 0 Å². The molecular formula is C89H84N4O5Ru. The van der Waals surface area contributed by atoms with Crippen LogP contribution in [0.5, 0.6) is 23.0 Å². The van der Waals surface area contributed by atoms with Crippen molar-refractivity contribution in [1.82, 2.24) is 19.9 Å². The molecule has 9 nitrogen and oxygen atoms in total. The average molecular weight is 1390 g/mol. The summed E-state index contributed by atoms with van der Waals surface area (Å²) < 4.78 is 34.7. The fraction of sp³-hybridized carbons (Fsp3) is 0.494. The number of hydrogen-bond donors (Lipinski definition) is 0. The van der Waals surface area contributed by atoms with Gasteiger partial charge in [0.1, 0.15) is 23.0 Å². The maximum absolute atomic E-state index is 7.50. The van der Waals surface area contributed by atoms with Gasteiger partial charge in [-0.05, 0) is 362 Å². The molecule has 0 amide bonds. The predicted octanol–water partition coefficient (Wildman–Crippen LogP) is 21.5. The van der Waals surface area contributed by atoms with Crippen molar-refractivity contribution in [1.29, 1.82) is 0 Å². The molecule has 498 valence electrons. The topological polar surface area (TPSA) is 111 Å². The number of benzene rings is 4. The predicted molar refractivity (Wildman–Crippen MR) is 383 cm³/mol. The molecule has 0 radical (unpaired) electrons. The number of nitrogens with zero attached hydrogens (tertiary/aromatic N) is 4. The molecule has 7 aromatic rings. The molecule has 3 aromatic heterocycles. The summed E-state index contributed by atoms with van der Waals surface area (Å²) in [5.74, 6) is 13.1. The first-order valence-electron chi connectivity index (χ1n) is 38.8.